The number of aromatic amines is 2. The number of nitrogens with zero attached hydrogens (tertiary/aromatic N) is 3. The molecule has 0 fully saturated rings. The van der Waals surface area contributed by atoms with Crippen LogP contribution in [0.5, 0.6) is 0 Å². The highest BCUT2D eigenvalue weighted by Gasteiger charge is 2.20. The topological polar surface area (TPSA) is 88.6 Å². The maximum atomic E-state index is 14.5. The quantitative estimate of drug-likeness (QED) is 0.477. The van der Waals surface area contributed by atoms with Gasteiger partial charge in [0.15, 0.2) is 0 Å². The summed E-state index contributed by atoms with van der Waals surface area (Å²) in [6.45, 7) is 0.137. The third-order valence-corrected chi connectivity index (χ3v) is 4.79. The largest absolute Gasteiger partial charge is 0.357 e. The van der Waals surface area contributed by atoms with Gasteiger partial charge in [-0.1, -0.05) is 23.7 Å². The molecular weight excluding hydrogens is 393 g/mol. The summed E-state index contributed by atoms with van der Waals surface area (Å²) in [5, 5.41) is 10.3. The van der Waals surface area contributed by atoms with E-state index in [2.05, 4.69) is 15.0 Å². The van der Waals surface area contributed by atoms with Gasteiger partial charge in [0, 0.05) is 40.5 Å². The first-order valence-electron chi connectivity index (χ1n) is 8.78. The van der Waals surface area contributed by atoms with Crippen LogP contribution in [0.25, 0.3) is 22.2 Å². The van der Waals surface area contributed by atoms with Crippen molar-refractivity contribution in [1.82, 2.24) is 19.9 Å². The van der Waals surface area contributed by atoms with Gasteiger partial charge in [0.2, 0.25) is 0 Å². The van der Waals surface area contributed by atoms with E-state index in [1.807, 2.05) is 12.1 Å². The van der Waals surface area contributed by atoms with E-state index in [-0.39, 0.29) is 24.7 Å². The van der Waals surface area contributed by atoms with Crippen molar-refractivity contribution in [3.05, 3.63) is 77.1 Å². The molecule has 1 amide bonds. The maximum Gasteiger partial charge on any atom is 0.271 e. The molecule has 3 heterocycles. The number of H-pyrrole nitrogens is 2. The van der Waals surface area contributed by atoms with Gasteiger partial charge in [-0.2, -0.15) is 5.26 Å². The Balaban J connectivity index is 1.65. The van der Waals surface area contributed by atoms with Gasteiger partial charge in [0.25, 0.3) is 5.91 Å². The molecule has 0 saturated heterocycles. The number of hydrogen-bond acceptors (Lipinski definition) is 3. The van der Waals surface area contributed by atoms with E-state index in [9.17, 15) is 9.18 Å². The van der Waals surface area contributed by atoms with Gasteiger partial charge in [-0.05, 0) is 29.8 Å². The fourth-order valence-electron chi connectivity index (χ4n) is 3.25. The van der Waals surface area contributed by atoms with Crippen LogP contribution in [0.2, 0.25) is 5.02 Å². The third-order valence-electron chi connectivity index (χ3n) is 4.55. The lowest BCUT2D eigenvalue weighted by Crippen LogP contribution is -2.31. The van der Waals surface area contributed by atoms with E-state index in [1.54, 1.807) is 42.7 Å². The number of halogens is 2. The standard InChI is InChI=1S/C21H15ClFN5O/c22-15-3-1-2-13(8-15)12-28(7-5-24)21(29)18-9-14(10-26-18)19-16-4-6-25-20(16)27-11-17(19)23/h1-4,6,8-11,26H,7,12H2,(H,25,27). The average molecular weight is 408 g/mol. The highest BCUT2D eigenvalue weighted by atomic mass is 35.5. The fraction of sp³-hybridized carbons (Fsp3) is 0.0952. The molecule has 4 aromatic rings. The van der Waals surface area contributed by atoms with Crippen LogP contribution in [0, 0.1) is 17.1 Å². The number of fused-ring (bicyclic) bond motifs is 1. The molecule has 0 spiro atoms. The number of aromatic nitrogens is 3. The van der Waals surface area contributed by atoms with Crippen molar-refractivity contribution in [2.45, 2.75) is 6.54 Å². The van der Waals surface area contributed by atoms with Gasteiger partial charge in [-0.3, -0.25) is 4.79 Å². The number of nitriles is 1. The number of amides is 1. The highest BCUT2D eigenvalue weighted by Crippen LogP contribution is 2.30. The number of nitrogens with one attached hydrogen (secondary N) is 2. The molecule has 0 aliphatic rings. The van der Waals surface area contributed by atoms with E-state index in [1.165, 1.54) is 4.90 Å². The van der Waals surface area contributed by atoms with Crippen molar-refractivity contribution in [3.63, 3.8) is 0 Å². The average Bonchev–Trinajstić information content (AvgIpc) is 3.37. The van der Waals surface area contributed by atoms with Crippen LogP contribution in [0.1, 0.15) is 16.1 Å². The van der Waals surface area contributed by atoms with Crippen molar-refractivity contribution in [1.29, 1.82) is 5.26 Å². The summed E-state index contributed by atoms with van der Waals surface area (Å²) in [5.41, 5.74) is 2.51. The molecule has 0 aliphatic heterocycles. The summed E-state index contributed by atoms with van der Waals surface area (Å²) in [6.07, 6.45) is 4.39. The first-order chi connectivity index (χ1) is 14.1. The van der Waals surface area contributed by atoms with Gasteiger partial charge in [0.05, 0.1) is 12.3 Å². The van der Waals surface area contributed by atoms with Crippen LogP contribution < -0.4 is 0 Å². The molecule has 0 radical (unpaired) electrons. The zero-order valence-corrected chi connectivity index (χ0v) is 15.9. The van der Waals surface area contributed by atoms with Gasteiger partial charge in [-0.25, -0.2) is 9.37 Å². The van der Waals surface area contributed by atoms with Crippen molar-refractivity contribution in [2.24, 2.45) is 0 Å². The normalized spacial score (nSPS) is 10.8. The van der Waals surface area contributed by atoms with E-state index < -0.39 is 5.82 Å². The molecule has 0 aliphatic carbocycles. The molecule has 6 nitrogen and oxygen atoms in total. The van der Waals surface area contributed by atoms with E-state index >= 15 is 0 Å². The lowest BCUT2D eigenvalue weighted by atomic mass is 10.1. The zero-order chi connectivity index (χ0) is 20.4. The lowest BCUT2D eigenvalue weighted by Gasteiger charge is -2.19. The van der Waals surface area contributed by atoms with Crippen LogP contribution in [-0.2, 0) is 6.54 Å². The van der Waals surface area contributed by atoms with Gasteiger partial charge < -0.3 is 14.9 Å². The number of carbonyl (C=O) groups excluding carboxylic acids is 1. The first kappa shape index (κ1) is 18.7. The predicted octanol–water partition coefficient (Wildman–Crippen LogP) is 4.52. The maximum absolute atomic E-state index is 14.5. The molecule has 0 unspecified atom stereocenters. The summed E-state index contributed by atoms with van der Waals surface area (Å²) in [6, 6.07) is 12.4. The van der Waals surface area contributed by atoms with E-state index in [4.69, 9.17) is 16.9 Å². The first-order valence-corrected chi connectivity index (χ1v) is 9.15. The Kier molecular flexibility index (Phi) is 5.02. The summed E-state index contributed by atoms with van der Waals surface area (Å²) < 4.78 is 14.5. The molecule has 1 aromatic carbocycles. The van der Waals surface area contributed by atoms with E-state index in [0.29, 0.717) is 27.2 Å². The Morgan fingerprint density at radius 1 is 1.28 bits per heavy atom. The minimum atomic E-state index is -0.483. The highest BCUT2D eigenvalue weighted by molar-refractivity contribution is 6.30. The van der Waals surface area contributed by atoms with Crippen molar-refractivity contribution in [2.75, 3.05) is 6.54 Å². The van der Waals surface area contributed by atoms with Crippen LogP contribution in [-0.4, -0.2) is 32.3 Å². The third kappa shape index (κ3) is 3.71. The minimum absolute atomic E-state index is 0.0919. The molecule has 3 aromatic heterocycles. The minimum Gasteiger partial charge on any atom is -0.357 e. The monoisotopic (exact) mass is 407 g/mol. The zero-order valence-electron chi connectivity index (χ0n) is 15.1. The van der Waals surface area contributed by atoms with Crippen LogP contribution in [0.15, 0.2) is 55.0 Å². The smallest absolute Gasteiger partial charge is 0.271 e. The lowest BCUT2D eigenvalue weighted by molar-refractivity contribution is 0.0760. The molecular formula is C21H15ClFN5O. The Morgan fingerprint density at radius 2 is 2.14 bits per heavy atom. The second kappa shape index (κ2) is 7.78. The molecule has 0 bridgehead atoms. The molecule has 2 N–H and O–H groups in total. The number of carbonyl (C=O) groups is 1. The second-order valence-corrected chi connectivity index (χ2v) is 6.91. The molecule has 8 heteroatoms. The van der Waals surface area contributed by atoms with Crippen molar-refractivity contribution < 1.29 is 9.18 Å². The molecule has 0 saturated carbocycles. The van der Waals surface area contributed by atoms with Gasteiger partial charge in [-0.15, -0.1) is 0 Å². The molecule has 0 atom stereocenters. The van der Waals surface area contributed by atoms with Crippen LogP contribution in [0.4, 0.5) is 4.39 Å². The summed E-state index contributed by atoms with van der Waals surface area (Å²) >= 11 is 6.01. The van der Waals surface area contributed by atoms with Gasteiger partial charge >= 0.3 is 0 Å². The SMILES string of the molecule is N#CCN(Cc1cccc(Cl)c1)C(=O)c1cc(-c2c(F)cnc3[nH]ccc23)c[nH]1. The summed E-state index contributed by atoms with van der Waals surface area (Å²) in [7, 11) is 0. The van der Waals surface area contributed by atoms with Crippen molar-refractivity contribution in [3.8, 4) is 17.2 Å². The number of benzene rings is 1. The van der Waals surface area contributed by atoms with Crippen molar-refractivity contribution >= 4 is 28.5 Å². The van der Waals surface area contributed by atoms with Gasteiger partial charge in [0.1, 0.15) is 23.7 Å². The number of pyridine rings is 1. The molecule has 144 valence electrons. The number of hydrogen-bond donors (Lipinski definition) is 2. The second-order valence-electron chi connectivity index (χ2n) is 6.47. The molecule has 4 rings (SSSR count). The Bertz CT molecular complexity index is 1240. The fourth-order valence-corrected chi connectivity index (χ4v) is 3.46. The molecule has 29 heavy (non-hydrogen) atoms. The Hall–Kier alpha value is -3.63. The van der Waals surface area contributed by atoms with Crippen LogP contribution in [0.3, 0.4) is 0 Å². The summed E-state index contributed by atoms with van der Waals surface area (Å²) in [5.74, 6) is -0.847. The summed E-state index contributed by atoms with van der Waals surface area (Å²) in [4.78, 5) is 24.2. The predicted molar refractivity (Wildman–Crippen MR) is 108 cm³/mol. The Labute approximate surface area is 170 Å². The van der Waals surface area contributed by atoms with E-state index in [0.717, 1.165) is 11.8 Å². The number of rotatable bonds is 5. The van der Waals surface area contributed by atoms with Crippen LogP contribution >= 0.6 is 11.6 Å². The Morgan fingerprint density at radius 3 is 2.93 bits per heavy atom.